The van der Waals surface area contributed by atoms with E-state index in [2.05, 4.69) is 20.7 Å². The maximum Gasteiger partial charge on any atom is 0.240 e. The minimum Gasteiger partial charge on any atom is -0.210 e. The van der Waals surface area contributed by atoms with Crippen LogP contribution in [0.3, 0.4) is 0 Å². The van der Waals surface area contributed by atoms with Crippen molar-refractivity contribution in [1.82, 2.24) is 4.72 Å². The standard InChI is InChI=1S/C12H17BrFNO2S/c1-8(2)11(13)7-15-18(16,17)12-5-4-10(14)6-9(12)3/h4-6,8,11,15H,7H2,1-3H3. The van der Waals surface area contributed by atoms with Crippen LogP contribution >= 0.6 is 15.9 Å². The van der Waals surface area contributed by atoms with E-state index < -0.39 is 15.8 Å². The van der Waals surface area contributed by atoms with Crippen LogP contribution in [0, 0.1) is 18.7 Å². The molecule has 6 heteroatoms. The summed E-state index contributed by atoms with van der Waals surface area (Å²) >= 11 is 3.41. The van der Waals surface area contributed by atoms with E-state index in [-0.39, 0.29) is 9.72 Å². The number of aryl methyl sites for hydroxylation is 1. The molecule has 0 saturated heterocycles. The van der Waals surface area contributed by atoms with Crippen molar-refractivity contribution in [2.75, 3.05) is 6.54 Å². The maximum atomic E-state index is 12.9. The molecule has 0 aromatic heterocycles. The van der Waals surface area contributed by atoms with Crippen molar-refractivity contribution in [3.05, 3.63) is 29.6 Å². The van der Waals surface area contributed by atoms with Gasteiger partial charge in [-0.15, -0.1) is 0 Å². The molecule has 3 nitrogen and oxygen atoms in total. The van der Waals surface area contributed by atoms with Gasteiger partial charge in [-0.3, -0.25) is 0 Å². The van der Waals surface area contributed by atoms with E-state index in [1.165, 1.54) is 12.1 Å². The Morgan fingerprint density at radius 2 is 2.00 bits per heavy atom. The van der Waals surface area contributed by atoms with Crippen molar-refractivity contribution in [2.24, 2.45) is 5.92 Å². The smallest absolute Gasteiger partial charge is 0.210 e. The summed E-state index contributed by atoms with van der Waals surface area (Å²) in [5, 5.41) is 0. The van der Waals surface area contributed by atoms with Gasteiger partial charge in [-0.25, -0.2) is 17.5 Å². The summed E-state index contributed by atoms with van der Waals surface area (Å²) in [5.41, 5.74) is 0.401. The third kappa shape index (κ3) is 4.03. The molecule has 0 spiro atoms. The van der Waals surface area contributed by atoms with Crippen molar-refractivity contribution in [3.63, 3.8) is 0 Å². The lowest BCUT2D eigenvalue weighted by molar-refractivity contribution is 0.562. The van der Waals surface area contributed by atoms with Crippen molar-refractivity contribution < 1.29 is 12.8 Å². The van der Waals surface area contributed by atoms with Gasteiger partial charge in [-0.05, 0) is 36.6 Å². The SMILES string of the molecule is Cc1cc(F)ccc1S(=O)(=O)NCC(Br)C(C)C. The molecular weight excluding hydrogens is 321 g/mol. The monoisotopic (exact) mass is 337 g/mol. The highest BCUT2D eigenvalue weighted by Gasteiger charge is 2.19. The quantitative estimate of drug-likeness (QED) is 0.839. The molecule has 0 radical (unpaired) electrons. The van der Waals surface area contributed by atoms with Crippen LogP contribution in [0.25, 0.3) is 0 Å². The van der Waals surface area contributed by atoms with Gasteiger partial charge in [0.25, 0.3) is 0 Å². The largest absolute Gasteiger partial charge is 0.240 e. The van der Waals surface area contributed by atoms with E-state index in [9.17, 15) is 12.8 Å². The van der Waals surface area contributed by atoms with Gasteiger partial charge in [0.2, 0.25) is 10.0 Å². The Morgan fingerprint density at radius 3 is 2.50 bits per heavy atom. The van der Waals surface area contributed by atoms with Crippen molar-refractivity contribution >= 4 is 26.0 Å². The number of halogens is 2. The van der Waals surface area contributed by atoms with Crippen LogP contribution in [0.5, 0.6) is 0 Å². The first-order chi connectivity index (χ1) is 8.24. The summed E-state index contributed by atoms with van der Waals surface area (Å²) in [5.74, 6) is -0.117. The lowest BCUT2D eigenvalue weighted by atomic mass is 10.1. The Balaban J connectivity index is 2.87. The third-order valence-electron chi connectivity index (χ3n) is 2.62. The normalized spacial score (nSPS) is 13.9. The van der Waals surface area contributed by atoms with Crippen LogP contribution < -0.4 is 4.72 Å². The summed E-state index contributed by atoms with van der Waals surface area (Å²) in [7, 11) is -3.58. The fourth-order valence-electron chi connectivity index (χ4n) is 1.42. The summed E-state index contributed by atoms with van der Waals surface area (Å²) in [6.07, 6.45) is 0. The van der Waals surface area contributed by atoms with Crippen LogP contribution in [0.2, 0.25) is 0 Å². The lowest BCUT2D eigenvalue weighted by Crippen LogP contribution is -2.32. The molecule has 102 valence electrons. The predicted octanol–water partition coefficient (Wildman–Crippen LogP) is 2.83. The molecule has 1 rings (SSSR count). The van der Waals surface area contributed by atoms with Gasteiger partial charge in [0.15, 0.2) is 0 Å². The third-order valence-corrected chi connectivity index (χ3v) is 5.58. The highest BCUT2D eigenvalue weighted by molar-refractivity contribution is 9.09. The summed E-state index contributed by atoms with van der Waals surface area (Å²) in [6, 6.07) is 3.64. The highest BCUT2D eigenvalue weighted by Crippen LogP contribution is 2.17. The molecule has 1 atom stereocenters. The Labute approximate surface area is 116 Å². The highest BCUT2D eigenvalue weighted by atomic mass is 79.9. The van der Waals surface area contributed by atoms with E-state index in [1.807, 2.05) is 13.8 Å². The van der Waals surface area contributed by atoms with Gasteiger partial charge in [0.05, 0.1) is 4.90 Å². The van der Waals surface area contributed by atoms with Crippen LogP contribution in [-0.2, 0) is 10.0 Å². The molecule has 0 aliphatic carbocycles. The fourth-order valence-corrected chi connectivity index (χ4v) is 3.08. The van der Waals surface area contributed by atoms with Crippen molar-refractivity contribution in [1.29, 1.82) is 0 Å². The molecule has 0 aliphatic heterocycles. The van der Waals surface area contributed by atoms with E-state index in [4.69, 9.17) is 0 Å². The Morgan fingerprint density at radius 1 is 1.39 bits per heavy atom. The Bertz CT molecular complexity index is 517. The van der Waals surface area contributed by atoms with E-state index >= 15 is 0 Å². The number of hydrogen-bond donors (Lipinski definition) is 1. The van der Waals surface area contributed by atoms with Gasteiger partial charge < -0.3 is 0 Å². The molecule has 0 amide bonds. The molecule has 0 fully saturated rings. The second kappa shape index (κ2) is 6.12. The van der Waals surface area contributed by atoms with Crippen LogP contribution in [0.4, 0.5) is 4.39 Å². The van der Waals surface area contributed by atoms with Gasteiger partial charge in [0, 0.05) is 11.4 Å². The molecule has 18 heavy (non-hydrogen) atoms. The lowest BCUT2D eigenvalue weighted by Gasteiger charge is -2.15. The second-order valence-electron chi connectivity index (χ2n) is 4.52. The molecule has 1 unspecified atom stereocenters. The number of hydrogen-bond acceptors (Lipinski definition) is 2. The molecule has 0 heterocycles. The van der Waals surface area contributed by atoms with E-state index in [0.29, 0.717) is 18.0 Å². The fraction of sp³-hybridized carbons (Fsp3) is 0.500. The zero-order valence-corrected chi connectivity index (χ0v) is 13.0. The van der Waals surface area contributed by atoms with Crippen LogP contribution in [0.15, 0.2) is 23.1 Å². The van der Waals surface area contributed by atoms with Gasteiger partial charge in [-0.2, -0.15) is 0 Å². The summed E-state index contributed by atoms with van der Waals surface area (Å²) < 4.78 is 39.5. The number of alkyl halides is 1. The summed E-state index contributed by atoms with van der Waals surface area (Å²) in [4.78, 5) is 0.181. The van der Waals surface area contributed by atoms with Crippen molar-refractivity contribution in [3.8, 4) is 0 Å². The molecule has 1 aromatic rings. The maximum absolute atomic E-state index is 12.9. The molecule has 1 aromatic carbocycles. The Kier molecular flexibility index (Phi) is 5.31. The second-order valence-corrected chi connectivity index (χ2v) is 7.43. The Hall–Kier alpha value is -0.460. The minimum atomic E-state index is -3.58. The first-order valence-electron chi connectivity index (χ1n) is 5.64. The zero-order valence-electron chi connectivity index (χ0n) is 10.6. The number of rotatable bonds is 5. The van der Waals surface area contributed by atoms with Crippen molar-refractivity contribution in [2.45, 2.75) is 30.5 Å². The molecular formula is C12H17BrFNO2S. The molecule has 0 saturated carbocycles. The van der Waals surface area contributed by atoms with Gasteiger partial charge in [0.1, 0.15) is 5.82 Å². The van der Waals surface area contributed by atoms with E-state index in [1.54, 1.807) is 6.92 Å². The average molecular weight is 338 g/mol. The number of sulfonamides is 1. The molecule has 0 aliphatic rings. The van der Waals surface area contributed by atoms with Crippen LogP contribution in [0.1, 0.15) is 19.4 Å². The minimum absolute atomic E-state index is 0.0630. The molecule has 0 bridgehead atoms. The zero-order chi connectivity index (χ0) is 13.9. The molecule has 1 N–H and O–H groups in total. The number of benzene rings is 1. The van der Waals surface area contributed by atoms with Gasteiger partial charge in [-0.1, -0.05) is 29.8 Å². The number of nitrogens with one attached hydrogen (secondary N) is 1. The predicted molar refractivity (Wildman–Crippen MR) is 73.9 cm³/mol. The first-order valence-corrected chi connectivity index (χ1v) is 8.04. The topological polar surface area (TPSA) is 46.2 Å². The first kappa shape index (κ1) is 15.6. The van der Waals surface area contributed by atoms with E-state index in [0.717, 1.165) is 6.07 Å². The van der Waals surface area contributed by atoms with Gasteiger partial charge >= 0.3 is 0 Å². The summed E-state index contributed by atoms with van der Waals surface area (Å²) in [6.45, 7) is 5.87. The van der Waals surface area contributed by atoms with Crippen LogP contribution in [-0.4, -0.2) is 19.8 Å². The average Bonchev–Trinajstić information content (AvgIpc) is 2.25.